The third-order valence-electron chi connectivity index (χ3n) is 5.07. The summed E-state index contributed by atoms with van der Waals surface area (Å²) in [5.74, 6) is 1.40. The van der Waals surface area contributed by atoms with Gasteiger partial charge in [0.25, 0.3) is 0 Å². The highest BCUT2D eigenvalue weighted by Gasteiger charge is 2.29. The minimum absolute atomic E-state index is 0.109. The molecule has 24 heavy (non-hydrogen) atoms. The summed E-state index contributed by atoms with van der Waals surface area (Å²) in [6, 6.07) is -0.302. The number of nitrogens with zero attached hydrogens (tertiary/aromatic N) is 4. The van der Waals surface area contributed by atoms with E-state index in [0.717, 1.165) is 19.0 Å². The SMILES string of the molecule is CN=C(NCCN1C(=O)CNC1=O)N1CCC(CN2CCCC2)C1. The highest BCUT2D eigenvalue weighted by molar-refractivity contribution is 6.01. The van der Waals surface area contributed by atoms with Crippen molar-refractivity contribution in [2.45, 2.75) is 19.3 Å². The summed E-state index contributed by atoms with van der Waals surface area (Å²) in [6.45, 7) is 6.73. The maximum absolute atomic E-state index is 11.6. The fourth-order valence-corrected chi connectivity index (χ4v) is 3.80. The number of hydrogen-bond donors (Lipinski definition) is 2. The average molecular weight is 336 g/mol. The van der Waals surface area contributed by atoms with E-state index in [1.165, 1.54) is 43.8 Å². The second kappa shape index (κ2) is 7.83. The van der Waals surface area contributed by atoms with Crippen molar-refractivity contribution in [3.8, 4) is 0 Å². The summed E-state index contributed by atoms with van der Waals surface area (Å²) in [5.41, 5.74) is 0. The van der Waals surface area contributed by atoms with Crippen molar-refractivity contribution in [2.24, 2.45) is 10.9 Å². The molecule has 0 aromatic carbocycles. The van der Waals surface area contributed by atoms with Crippen LogP contribution in [0.4, 0.5) is 4.79 Å². The molecule has 3 saturated heterocycles. The van der Waals surface area contributed by atoms with Crippen molar-refractivity contribution in [2.75, 3.05) is 59.4 Å². The van der Waals surface area contributed by atoms with Gasteiger partial charge in [0.05, 0.1) is 6.54 Å². The predicted octanol–water partition coefficient (Wildman–Crippen LogP) is -0.469. The van der Waals surface area contributed by atoms with Gasteiger partial charge in [0.2, 0.25) is 5.91 Å². The molecule has 0 aliphatic carbocycles. The summed E-state index contributed by atoms with van der Waals surface area (Å²) in [6.07, 6.45) is 3.87. The number of nitrogens with one attached hydrogen (secondary N) is 2. The molecule has 1 atom stereocenters. The molecule has 1 unspecified atom stereocenters. The minimum atomic E-state index is -0.302. The predicted molar refractivity (Wildman–Crippen MR) is 91.8 cm³/mol. The molecule has 0 aromatic rings. The fourth-order valence-electron chi connectivity index (χ4n) is 3.80. The van der Waals surface area contributed by atoms with Gasteiger partial charge in [0.1, 0.15) is 0 Å². The van der Waals surface area contributed by atoms with Gasteiger partial charge in [-0.3, -0.25) is 14.7 Å². The molecule has 8 heteroatoms. The Hall–Kier alpha value is -1.83. The number of urea groups is 1. The summed E-state index contributed by atoms with van der Waals surface area (Å²) < 4.78 is 0. The summed E-state index contributed by atoms with van der Waals surface area (Å²) >= 11 is 0. The molecule has 3 aliphatic heterocycles. The van der Waals surface area contributed by atoms with Gasteiger partial charge in [-0.05, 0) is 38.3 Å². The number of likely N-dealkylation sites (tertiary alicyclic amines) is 2. The number of hydrogen-bond acceptors (Lipinski definition) is 4. The topological polar surface area (TPSA) is 80.3 Å². The zero-order chi connectivity index (χ0) is 16.9. The van der Waals surface area contributed by atoms with E-state index in [9.17, 15) is 9.59 Å². The maximum Gasteiger partial charge on any atom is 0.324 e. The van der Waals surface area contributed by atoms with Crippen LogP contribution in [0.2, 0.25) is 0 Å². The number of rotatable bonds is 5. The van der Waals surface area contributed by atoms with Crippen LogP contribution >= 0.6 is 0 Å². The van der Waals surface area contributed by atoms with Crippen LogP contribution < -0.4 is 10.6 Å². The Morgan fingerprint density at radius 3 is 2.75 bits per heavy atom. The standard InChI is InChI=1S/C16H28N6O2/c1-17-15(18-5-9-22-14(23)10-19-16(22)24)21-8-4-13(12-21)11-20-6-2-3-7-20/h13H,2-12H2,1H3,(H,17,18)(H,19,24). The Morgan fingerprint density at radius 2 is 2.08 bits per heavy atom. The van der Waals surface area contributed by atoms with E-state index in [0.29, 0.717) is 19.0 Å². The van der Waals surface area contributed by atoms with Gasteiger partial charge >= 0.3 is 6.03 Å². The number of carbonyl (C=O) groups excluding carboxylic acids is 2. The van der Waals surface area contributed by atoms with Gasteiger partial charge in [0, 0.05) is 39.8 Å². The largest absolute Gasteiger partial charge is 0.354 e. The molecular formula is C16H28N6O2. The molecule has 3 heterocycles. The molecule has 3 aliphatic rings. The van der Waals surface area contributed by atoms with Crippen LogP contribution in [0.15, 0.2) is 4.99 Å². The summed E-state index contributed by atoms with van der Waals surface area (Å²) in [4.78, 5) is 33.5. The molecule has 2 N–H and O–H groups in total. The highest BCUT2D eigenvalue weighted by Crippen LogP contribution is 2.19. The number of aliphatic imine (C=N–C) groups is 1. The maximum atomic E-state index is 11.6. The molecule has 3 fully saturated rings. The molecule has 0 radical (unpaired) electrons. The molecule has 0 aromatic heterocycles. The molecule has 0 spiro atoms. The van der Waals surface area contributed by atoms with E-state index in [-0.39, 0.29) is 18.5 Å². The first-order valence-electron chi connectivity index (χ1n) is 8.93. The monoisotopic (exact) mass is 336 g/mol. The van der Waals surface area contributed by atoms with Gasteiger partial charge < -0.3 is 20.4 Å². The van der Waals surface area contributed by atoms with E-state index >= 15 is 0 Å². The van der Waals surface area contributed by atoms with E-state index in [1.54, 1.807) is 7.05 Å². The van der Waals surface area contributed by atoms with E-state index in [4.69, 9.17) is 0 Å². The normalized spacial score (nSPS) is 25.7. The minimum Gasteiger partial charge on any atom is -0.354 e. The number of imide groups is 1. The summed E-state index contributed by atoms with van der Waals surface area (Å²) in [7, 11) is 1.78. The van der Waals surface area contributed by atoms with Crippen LogP contribution in [0.5, 0.6) is 0 Å². The lowest BCUT2D eigenvalue weighted by atomic mass is 10.1. The lowest BCUT2D eigenvalue weighted by Crippen LogP contribution is -2.44. The molecule has 0 bridgehead atoms. The second-order valence-corrected chi connectivity index (χ2v) is 6.79. The lowest BCUT2D eigenvalue weighted by molar-refractivity contribution is -0.124. The van der Waals surface area contributed by atoms with Crippen LogP contribution in [0, 0.1) is 5.92 Å². The van der Waals surface area contributed by atoms with Crippen LogP contribution in [-0.2, 0) is 4.79 Å². The summed E-state index contributed by atoms with van der Waals surface area (Å²) in [5, 5.41) is 5.81. The second-order valence-electron chi connectivity index (χ2n) is 6.79. The van der Waals surface area contributed by atoms with Crippen LogP contribution in [0.1, 0.15) is 19.3 Å². The van der Waals surface area contributed by atoms with E-state index in [1.807, 2.05) is 0 Å². The van der Waals surface area contributed by atoms with Crippen LogP contribution in [0.25, 0.3) is 0 Å². The third-order valence-corrected chi connectivity index (χ3v) is 5.07. The van der Waals surface area contributed by atoms with Crippen LogP contribution in [0.3, 0.4) is 0 Å². The first kappa shape index (κ1) is 17.0. The van der Waals surface area contributed by atoms with Gasteiger partial charge in [-0.15, -0.1) is 0 Å². The Balaban J connectivity index is 1.41. The Kier molecular flexibility index (Phi) is 5.55. The van der Waals surface area contributed by atoms with Crippen molar-refractivity contribution in [1.82, 2.24) is 25.3 Å². The smallest absolute Gasteiger partial charge is 0.324 e. The van der Waals surface area contributed by atoms with Crippen molar-refractivity contribution in [3.63, 3.8) is 0 Å². The first-order valence-corrected chi connectivity index (χ1v) is 8.93. The van der Waals surface area contributed by atoms with Gasteiger partial charge in [-0.25, -0.2) is 4.79 Å². The molecule has 8 nitrogen and oxygen atoms in total. The number of guanidine groups is 1. The lowest BCUT2D eigenvalue weighted by Gasteiger charge is -2.24. The highest BCUT2D eigenvalue weighted by atomic mass is 16.2. The van der Waals surface area contributed by atoms with E-state index < -0.39 is 0 Å². The van der Waals surface area contributed by atoms with Crippen molar-refractivity contribution in [1.29, 1.82) is 0 Å². The van der Waals surface area contributed by atoms with Gasteiger partial charge in [-0.2, -0.15) is 0 Å². The fraction of sp³-hybridized carbons (Fsp3) is 0.812. The van der Waals surface area contributed by atoms with Crippen molar-refractivity contribution < 1.29 is 9.59 Å². The van der Waals surface area contributed by atoms with Crippen LogP contribution in [-0.4, -0.2) is 92.0 Å². The molecule has 134 valence electrons. The molecule has 3 amide bonds. The van der Waals surface area contributed by atoms with Crippen molar-refractivity contribution >= 4 is 17.9 Å². The quantitative estimate of drug-likeness (QED) is 0.403. The van der Waals surface area contributed by atoms with Gasteiger partial charge in [0.15, 0.2) is 5.96 Å². The zero-order valence-electron chi connectivity index (χ0n) is 14.5. The first-order chi connectivity index (χ1) is 11.7. The van der Waals surface area contributed by atoms with Crippen molar-refractivity contribution in [3.05, 3.63) is 0 Å². The van der Waals surface area contributed by atoms with Gasteiger partial charge in [-0.1, -0.05) is 0 Å². The molecule has 3 rings (SSSR count). The Morgan fingerprint density at radius 1 is 1.29 bits per heavy atom. The zero-order valence-corrected chi connectivity index (χ0v) is 14.5. The third kappa shape index (κ3) is 3.98. The number of carbonyl (C=O) groups is 2. The molecule has 0 saturated carbocycles. The number of amides is 3. The Bertz CT molecular complexity index is 487. The van der Waals surface area contributed by atoms with E-state index in [2.05, 4.69) is 25.4 Å². The Labute approximate surface area is 143 Å². The average Bonchev–Trinajstić information content (AvgIpc) is 3.30. The molecular weight excluding hydrogens is 308 g/mol.